The van der Waals surface area contributed by atoms with Crippen molar-refractivity contribution in [3.8, 4) is 0 Å². The van der Waals surface area contributed by atoms with E-state index in [-0.39, 0.29) is 0 Å². The maximum atomic E-state index is 4.09. The smallest absolute Gasteiger partial charge is 0.0755 e. The van der Waals surface area contributed by atoms with Gasteiger partial charge in [0.2, 0.25) is 0 Å². The summed E-state index contributed by atoms with van der Waals surface area (Å²) in [5.41, 5.74) is 2.12. The quantitative estimate of drug-likeness (QED) is 0.495. The standard InChI is InChI=1S/C11H17N/c1-7-4-11(5-8(7)2)6-12-9(3)10(11)12/h7-8,10H,3-6H2,1-2H3. The molecule has 0 aromatic heterocycles. The van der Waals surface area contributed by atoms with Gasteiger partial charge in [-0.05, 0) is 24.7 Å². The molecule has 12 heavy (non-hydrogen) atoms. The van der Waals surface area contributed by atoms with E-state index in [4.69, 9.17) is 0 Å². The SMILES string of the molecule is C=C1C2N1CC21CC(C)C(C)C1. The highest BCUT2D eigenvalue weighted by Gasteiger charge is 2.67. The van der Waals surface area contributed by atoms with Crippen LogP contribution in [0, 0.1) is 17.3 Å². The van der Waals surface area contributed by atoms with Crippen molar-refractivity contribution in [2.45, 2.75) is 32.7 Å². The summed E-state index contributed by atoms with van der Waals surface area (Å²) in [5, 5.41) is 0. The molecule has 0 N–H and O–H groups in total. The molecule has 2 saturated heterocycles. The lowest BCUT2D eigenvalue weighted by molar-refractivity contribution is 0.107. The molecule has 0 aromatic rings. The van der Waals surface area contributed by atoms with E-state index in [0.29, 0.717) is 5.41 Å². The molecule has 0 radical (unpaired) electrons. The third-order valence-corrected chi connectivity index (χ3v) is 4.42. The molecule has 2 aliphatic heterocycles. The second-order valence-electron chi connectivity index (χ2n) is 5.25. The minimum atomic E-state index is 0.690. The number of fused-ring (bicyclic) bond motifs is 2. The summed E-state index contributed by atoms with van der Waals surface area (Å²) in [6.45, 7) is 10.2. The van der Waals surface area contributed by atoms with Crippen LogP contribution in [0.25, 0.3) is 0 Å². The van der Waals surface area contributed by atoms with E-state index in [1.165, 1.54) is 25.1 Å². The molecule has 1 saturated carbocycles. The molecule has 1 heteroatoms. The zero-order valence-corrected chi connectivity index (χ0v) is 8.01. The fraction of sp³-hybridized carbons (Fsp3) is 0.818. The Labute approximate surface area is 74.4 Å². The summed E-state index contributed by atoms with van der Waals surface area (Å²) in [6, 6.07) is 0.810. The fourth-order valence-electron chi connectivity index (χ4n) is 3.59. The zero-order valence-electron chi connectivity index (χ0n) is 8.01. The molecule has 3 unspecified atom stereocenters. The topological polar surface area (TPSA) is 3.01 Å². The van der Waals surface area contributed by atoms with Crippen molar-refractivity contribution in [1.29, 1.82) is 0 Å². The first kappa shape index (κ1) is 6.99. The summed E-state index contributed by atoms with van der Waals surface area (Å²) < 4.78 is 0. The maximum Gasteiger partial charge on any atom is 0.0755 e. The van der Waals surface area contributed by atoms with Gasteiger partial charge in [0.05, 0.1) is 6.04 Å². The van der Waals surface area contributed by atoms with Crippen LogP contribution in [0.3, 0.4) is 0 Å². The first-order valence-corrected chi connectivity index (χ1v) is 5.09. The minimum absolute atomic E-state index is 0.690. The maximum absolute atomic E-state index is 4.09. The molecule has 0 bridgehead atoms. The second-order valence-corrected chi connectivity index (χ2v) is 5.25. The van der Waals surface area contributed by atoms with Gasteiger partial charge in [0.15, 0.2) is 0 Å². The average molecular weight is 163 g/mol. The van der Waals surface area contributed by atoms with Crippen molar-refractivity contribution in [2.24, 2.45) is 17.3 Å². The molecular weight excluding hydrogens is 146 g/mol. The molecular formula is C11H17N. The largest absolute Gasteiger partial charge is 0.364 e. The molecule has 3 rings (SSSR count). The van der Waals surface area contributed by atoms with E-state index >= 15 is 0 Å². The van der Waals surface area contributed by atoms with E-state index in [2.05, 4.69) is 25.3 Å². The van der Waals surface area contributed by atoms with Gasteiger partial charge in [-0.25, -0.2) is 0 Å². The summed E-state index contributed by atoms with van der Waals surface area (Å²) in [5.74, 6) is 1.89. The minimum Gasteiger partial charge on any atom is -0.364 e. The highest BCUT2D eigenvalue weighted by atomic mass is 15.4. The lowest BCUT2D eigenvalue weighted by Crippen LogP contribution is -2.44. The third-order valence-electron chi connectivity index (χ3n) is 4.42. The van der Waals surface area contributed by atoms with E-state index in [9.17, 15) is 0 Å². The highest BCUT2D eigenvalue weighted by Crippen LogP contribution is 2.65. The van der Waals surface area contributed by atoms with Crippen LogP contribution in [0.5, 0.6) is 0 Å². The van der Waals surface area contributed by atoms with Gasteiger partial charge in [-0.2, -0.15) is 0 Å². The van der Waals surface area contributed by atoms with E-state index < -0.39 is 0 Å². The first-order chi connectivity index (χ1) is 5.64. The average Bonchev–Trinajstić information content (AvgIpc) is 2.37. The van der Waals surface area contributed by atoms with Crippen LogP contribution in [0.4, 0.5) is 0 Å². The van der Waals surface area contributed by atoms with E-state index in [1.54, 1.807) is 0 Å². The molecule has 1 spiro atoms. The lowest BCUT2D eigenvalue weighted by Gasteiger charge is -2.38. The number of nitrogens with zero attached hydrogens (tertiary/aromatic N) is 1. The Bertz CT molecular complexity index is 246. The van der Waals surface area contributed by atoms with Gasteiger partial charge in [0, 0.05) is 17.7 Å². The van der Waals surface area contributed by atoms with Crippen molar-refractivity contribution in [2.75, 3.05) is 6.54 Å². The van der Waals surface area contributed by atoms with Crippen LogP contribution in [0.2, 0.25) is 0 Å². The van der Waals surface area contributed by atoms with Gasteiger partial charge >= 0.3 is 0 Å². The third kappa shape index (κ3) is 0.583. The monoisotopic (exact) mass is 163 g/mol. The molecule has 0 amide bonds. The van der Waals surface area contributed by atoms with Crippen LogP contribution in [0.1, 0.15) is 26.7 Å². The zero-order chi connectivity index (χ0) is 8.51. The van der Waals surface area contributed by atoms with Gasteiger partial charge in [-0.3, -0.25) is 0 Å². The predicted molar refractivity (Wildman–Crippen MR) is 49.6 cm³/mol. The van der Waals surface area contributed by atoms with Crippen molar-refractivity contribution < 1.29 is 0 Å². The van der Waals surface area contributed by atoms with Gasteiger partial charge < -0.3 is 4.90 Å². The molecule has 0 aromatic carbocycles. The number of rotatable bonds is 0. The Kier molecular flexibility index (Phi) is 1.01. The van der Waals surface area contributed by atoms with Gasteiger partial charge in [-0.1, -0.05) is 20.4 Å². The fourth-order valence-corrected chi connectivity index (χ4v) is 3.59. The van der Waals surface area contributed by atoms with Gasteiger partial charge in [0.25, 0.3) is 0 Å². The second kappa shape index (κ2) is 1.73. The summed E-state index contributed by atoms with van der Waals surface area (Å²) in [4.78, 5) is 2.46. The van der Waals surface area contributed by atoms with Crippen LogP contribution in [0.15, 0.2) is 12.3 Å². The molecule has 66 valence electrons. The van der Waals surface area contributed by atoms with Crippen molar-refractivity contribution in [3.63, 3.8) is 0 Å². The van der Waals surface area contributed by atoms with Crippen LogP contribution in [-0.2, 0) is 0 Å². The Morgan fingerprint density at radius 2 is 1.92 bits per heavy atom. The molecule has 3 aliphatic rings. The number of hydrogen-bond acceptors (Lipinski definition) is 1. The summed E-state index contributed by atoms with van der Waals surface area (Å²) in [7, 11) is 0. The lowest BCUT2D eigenvalue weighted by atomic mass is 9.77. The Morgan fingerprint density at radius 3 is 2.25 bits per heavy atom. The molecule has 3 atom stereocenters. The van der Waals surface area contributed by atoms with Gasteiger partial charge in [-0.15, -0.1) is 0 Å². The molecule has 1 aliphatic carbocycles. The van der Waals surface area contributed by atoms with E-state index in [0.717, 1.165) is 17.9 Å². The Hall–Kier alpha value is -0.460. The van der Waals surface area contributed by atoms with Crippen molar-refractivity contribution in [3.05, 3.63) is 12.3 Å². The summed E-state index contributed by atoms with van der Waals surface area (Å²) >= 11 is 0. The summed E-state index contributed by atoms with van der Waals surface area (Å²) in [6.07, 6.45) is 2.91. The molecule has 1 nitrogen and oxygen atoms in total. The predicted octanol–water partition coefficient (Wildman–Crippen LogP) is 2.25. The van der Waals surface area contributed by atoms with Crippen LogP contribution in [-0.4, -0.2) is 17.5 Å². The van der Waals surface area contributed by atoms with Crippen LogP contribution < -0.4 is 0 Å². The van der Waals surface area contributed by atoms with Crippen LogP contribution >= 0.6 is 0 Å². The van der Waals surface area contributed by atoms with E-state index in [1.807, 2.05) is 0 Å². The van der Waals surface area contributed by atoms with Gasteiger partial charge in [0.1, 0.15) is 0 Å². The Balaban J connectivity index is 1.83. The van der Waals surface area contributed by atoms with Crippen molar-refractivity contribution in [1.82, 2.24) is 4.90 Å². The normalized spacial score (nSPS) is 55.7. The molecule has 3 fully saturated rings. The Morgan fingerprint density at radius 1 is 1.33 bits per heavy atom. The molecule has 2 heterocycles. The number of hydrogen-bond donors (Lipinski definition) is 0. The van der Waals surface area contributed by atoms with Crippen molar-refractivity contribution >= 4 is 0 Å². The highest BCUT2D eigenvalue weighted by molar-refractivity contribution is 5.38. The first-order valence-electron chi connectivity index (χ1n) is 5.09.